The lowest BCUT2D eigenvalue weighted by atomic mass is 9.87. The van der Waals surface area contributed by atoms with Crippen molar-refractivity contribution in [3.05, 3.63) is 35.4 Å². The zero-order valence-corrected chi connectivity index (χ0v) is 14.0. The van der Waals surface area contributed by atoms with E-state index in [0.29, 0.717) is 19.3 Å². The minimum absolute atomic E-state index is 0.151. The average Bonchev–Trinajstić information content (AvgIpc) is 2.55. The topological polar surface area (TPSA) is 57.6 Å². The van der Waals surface area contributed by atoms with Crippen LogP contribution in [0.4, 0.5) is 0 Å². The van der Waals surface area contributed by atoms with Gasteiger partial charge in [0.2, 0.25) is 5.91 Å². The normalized spacial score (nSPS) is 16.7. The van der Waals surface area contributed by atoms with Gasteiger partial charge in [0.1, 0.15) is 0 Å². The molecule has 0 radical (unpaired) electrons. The predicted octanol–water partition coefficient (Wildman–Crippen LogP) is 3.43. The van der Waals surface area contributed by atoms with Crippen molar-refractivity contribution in [2.24, 2.45) is 0 Å². The minimum Gasteiger partial charge on any atom is -0.481 e. The Balaban J connectivity index is 1.93. The number of carbonyl (C=O) groups excluding carboxylic acids is 1. The molecule has 0 bridgehead atoms. The zero-order chi connectivity index (χ0) is 16.7. The van der Waals surface area contributed by atoms with Crippen LogP contribution in [0, 0.1) is 0 Å². The highest BCUT2D eigenvalue weighted by Gasteiger charge is 2.26. The van der Waals surface area contributed by atoms with E-state index >= 15 is 0 Å². The first-order valence-corrected chi connectivity index (χ1v) is 8.70. The molecule has 0 fully saturated rings. The fourth-order valence-corrected chi connectivity index (χ4v) is 3.39. The molecule has 0 heterocycles. The van der Waals surface area contributed by atoms with Gasteiger partial charge in [-0.25, -0.2) is 0 Å². The number of aliphatic carboxylic acids is 1. The van der Waals surface area contributed by atoms with Gasteiger partial charge in [0.15, 0.2) is 0 Å². The van der Waals surface area contributed by atoms with Crippen LogP contribution < -0.4 is 0 Å². The SMILES string of the molecule is CCCN(C(=O)CCCCC(=O)O)C1CCc2ccccc2C1. The highest BCUT2D eigenvalue weighted by molar-refractivity contribution is 5.76. The fraction of sp³-hybridized carbons (Fsp3) is 0.579. The Labute approximate surface area is 138 Å². The number of benzene rings is 1. The van der Waals surface area contributed by atoms with Gasteiger partial charge >= 0.3 is 5.97 Å². The van der Waals surface area contributed by atoms with Crippen LogP contribution in [-0.4, -0.2) is 34.5 Å². The van der Waals surface area contributed by atoms with E-state index in [1.165, 1.54) is 11.1 Å². The molecule has 1 aliphatic carbocycles. The number of rotatable bonds is 8. The molecule has 1 atom stereocenters. The summed E-state index contributed by atoms with van der Waals surface area (Å²) in [4.78, 5) is 25.2. The summed E-state index contributed by atoms with van der Waals surface area (Å²) in [5, 5.41) is 8.67. The molecule has 0 saturated carbocycles. The highest BCUT2D eigenvalue weighted by atomic mass is 16.4. The average molecular weight is 317 g/mol. The van der Waals surface area contributed by atoms with Gasteiger partial charge in [-0.3, -0.25) is 9.59 Å². The van der Waals surface area contributed by atoms with Crippen LogP contribution >= 0.6 is 0 Å². The number of amides is 1. The van der Waals surface area contributed by atoms with Gasteiger partial charge in [-0.1, -0.05) is 31.2 Å². The lowest BCUT2D eigenvalue weighted by Crippen LogP contribution is -2.43. The van der Waals surface area contributed by atoms with Crippen molar-refractivity contribution in [3.8, 4) is 0 Å². The van der Waals surface area contributed by atoms with Crippen molar-refractivity contribution in [2.75, 3.05) is 6.54 Å². The van der Waals surface area contributed by atoms with E-state index in [9.17, 15) is 9.59 Å². The van der Waals surface area contributed by atoms with Crippen molar-refractivity contribution < 1.29 is 14.7 Å². The fourth-order valence-electron chi connectivity index (χ4n) is 3.39. The molecule has 4 heteroatoms. The standard InChI is InChI=1S/C19H27NO3/c1-2-13-20(18(21)9-5-6-10-19(22)23)17-12-11-15-7-3-4-8-16(15)14-17/h3-4,7-8,17H,2,5-6,9-14H2,1H3,(H,22,23). The van der Waals surface area contributed by atoms with E-state index in [4.69, 9.17) is 5.11 Å². The van der Waals surface area contributed by atoms with Gasteiger partial charge in [0, 0.05) is 25.4 Å². The van der Waals surface area contributed by atoms with E-state index in [1.54, 1.807) is 0 Å². The van der Waals surface area contributed by atoms with Gasteiger partial charge in [-0.05, 0) is 49.7 Å². The van der Waals surface area contributed by atoms with Crippen LogP contribution in [0.25, 0.3) is 0 Å². The number of hydrogen-bond donors (Lipinski definition) is 1. The number of carboxylic acid groups (broad SMARTS) is 1. The Morgan fingerprint density at radius 2 is 1.87 bits per heavy atom. The van der Waals surface area contributed by atoms with Crippen molar-refractivity contribution in [3.63, 3.8) is 0 Å². The quantitative estimate of drug-likeness (QED) is 0.747. The van der Waals surface area contributed by atoms with Crippen molar-refractivity contribution in [1.82, 2.24) is 4.90 Å². The number of nitrogens with zero attached hydrogens (tertiary/aromatic N) is 1. The molecule has 2 rings (SSSR count). The first-order chi connectivity index (χ1) is 11.1. The minimum atomic E-state index is -0.785. The Bertz CT molecular complexity index is 541. The second kappa shape index (κ2) is 8.70. The summed E-state index contributed by atoms with van der Waals surface area (Å²) in [6.45, 7) is 2.89. The smallest absolute Gasteiger partial charge is 0.303 e. The maximum Gasteiger partial charge on any atom is 0.303 e. The lowest BCUT2D eigenvalue weighted by molar-refractivity contribution is -0.138. The third-order valence-corrected chi connectivity index (χ3v) is 4.58. The van der Waals surface area contributed by atoms with E-state index in [1.807, 2.05) is 4.90 Å². The van der Waals surface area contributed by atoms with Gasteiger partial charge < -0.3 is 10.0 Å². The predicted molar refractivity (Wildman–Crippen MR) is 90.4 cm³/mol. The maximum atomic E-state index is 12.6. The monoisotopic (exact) mass is 317 g/mol. The summed E-state index contributed by atoms with van der Waals surface area (Å²) in [5.74, 6) is -0.603. The van der Waals surface area contributed by atoms with Gasteiger partial charge in [-0.15, -0.1) is 0 Å². The molecule has 4 nitrogen and oxygen atoms in total. The summed E-state index contributed by atoms with van der Waals surface area (Å²) in [6.07, 6.45) is 5.81. The molecule has 1 amide bonds. The van der Waals surface area contributed by atoms with E-state index < -0.39 is 5.97 Å². The van der Waals surface area contributed by atoms with Crippen LogP contribution in [-0.2, 0) is 22.4 Å². The van der Waals surface area contributed by atoms with Crippen LogP contribution in [0.1, 0.15) is 56.6 Å². The summed E-state index contributed by atoms with van der Waals surface area (Å²) in [5.41, 5.74) is 2.78. The molecule has 0 spiro atoms. The largest absolute Gasteiger partial charge is 0.481 e. The first-order valence-electron chi connectivity index (χ1n) is 8.70. The number of aryl methyl sites for hydroxylation is 1. The second-order valence-electron chi connectivity index (χ2n) is 6.35. The molecule has 126 valence electrons. The molecule has 1 aromatic rings. The van der Waals surface area contributed by atoms with E-state index in [2.05, 4.69) is 31.2 Å². The molecule has 1 unspecified atom stereocenters. The molecule has 1 aliphatic rings. The number of fused-ring (bicyclic) bond motifs is 1. The molecular weight excluding hydrogens is 290 g/mol. The van der Waals surface area contributed by atoms with Gasteiger partial charge in [0.25, 0.3) is 0 Å². The number of hydrogen-bond acceptors (Lipinski definition) is 2. The van der Waals surface area contributed by atoms with E-state index in [0.717, 1.165) is 32.2 Å². The summed E-state index contributed by atoms with van der Waals surface area (Å²) < 4.78 is 0. The molecule has 1 aromatic carbocycles. The number of carboxylic acids is 1. The molecule has 0 saturated heterocycles. The second-order valence-corrected chi connectivity index (χ2v) is 6.35. The Hall–Kier alpha value is -1.84. The van der Waals surface area contributed by atoms with Crippen molar-refractivity contribution >= 4 is 11.9 Å². The summed E-state index contributed by atoms with van der Waals surface area (Å²) in [6, 6.07) is 8.79. The third kappa shape index (κ3) is 5.08. The summed E-state index contributed by atoms with van der Waals surface area (Å²) >= 11 is 0. The molecule has 23 heavy (non-hydrogen) atoms. The Morgan fingerprint density at radius 3 is 2.57 bits per heavy atom. The van der Waals surface area contributed by atoms with Crippen LogP contribution in [0.2, 0.25) is 0 Å². The molecular formula is C19H27NO3. The molecule has 0 aromatic heterocycles. The zero-order valence-electron chi connectivity index (χ0n) is 14.0. The first kappa shape index (κ1) is 17.5. The van der Waals surface area contributed by atoms with Crippen molar-refractivity contribution in [2.45, 2.75) is 64.3 Å². The highest BCUT2D eigenvalue weighted by Crippen LogP contribution is 2.25. The van der Waals surface area contributed by atoms with Gasteiger partial charge in [-0.2, -0.15) is 0 Å². The Kier molecular flexibility index (Phi) is 6.63. The van der Waals surface area contributed by atoms with Crippen LogP contribution in [0.15, 0.2) is 24.3 Å². The number of carbonyl (C=O) groups is 2. The van der Waals surface area contributed by atoms with Crippen molar-refractivity contribution in [1.29, 1.82) is 0 Å². The van der Waals surface area contributed by atoms with Gasteiger partial charge in [0.05, 0.1) is 0 Å². The summed E-state index contributed by atoms with van der Waals surface area (Å²) in [7, 11) is 0. The van der Waals surface area contributed by atoms with Crippen LogP contribution in [0.3, 0.4) is 0 Å². The maximum absolute atomic E-state index is 12.6. The number of unbranched alkanes of at least 4 members (excludes halogenated alkanes) is 1. The van der Waals surface area contributed by atoms with E-state index in [-0.39, 0.29) is 18.4 Å². The molecule has 0 aliphatic heterocycles. The van der Waals surface area contributed by atoms with Crippen LogP contribution in [0.5, 0.6) is 0 Å². The lowest BCUT2D eigenvalue weighted by Gasteiger charge is -2.35. The molecule has 1 N–H and O–H groups in total. The third-order valence-electron chi connectivity index (χ3n) is 4.58. The Morgan fingerprint density at radius 1 is 1.17 bits per heavy atom.